The fourth-order valence-electron chi connectivity index (χ4n) is 3.88. The number of hydrogen-bond donors (Lipinski definition) is 1. The molecular weight excluding hydrogens is 482 g/mol. The maximum atomic E-state index is 13.0. The van der Waals surface area contributed by atoms with E-state index in [1.807, 2.05) is 60.0 Å². The maximum Gasteiger partial charge on any atom is 0.264 e. The van der Waals surface area contributed by atoms with Gasteiger partial charge in [0.2, 0.25) is 5.95 Å². The maximum absolute atomic E-state index is 13.0. The van der Waals surface area contributed by atoms with Crippen LogP contribution in [0.5, 0.6) is 0 Å². The van der Waals surface area contributed by atoms with E-state index in [1.165, 1.54) is 11.3 Å². The Morgan fingerprint density at radius 3 is 2.20 bits per heavy atom. The Balaban J connectivity index is 1.19. The third-order valence-electron chi connectivity index (χ3n) is 5.77. The number of amides is 2. The molecule has 1 fully saturated rings. The van der Waals surface area contributed by atoms with Crippen LogP contribution in [0, 0.1) is 0 Å². The van der Waals surface area contributed by atoms with Crippen LogP contribution in [0.4, 0.5) is 11.6 Å². The van der Waals surface area contributed by atoms with Crippen LogP contribution in [0.15, 0.2) is 78.3 Å². The highest BCUT2D eigenvalue weighted by Gasteiger charge is 2.25. The summed E-state index contributed by atoms with van der Waals surface area (Å²) in [7, 11) is 0. The van der Waals surface area contributed by atoms with Crippen molar-refractivity contribution in [1.82, 2.24) is 19.8 Å². The van der Waals surface area contributed by atoms with Crippen LogP contribution < -0.4 is 5.32 Å². The third-order valence-corrected chi connectivity index (χ3v) is 6.88. The third kappa shape index (κ3) is 5.34. The number of benzene rings is 2. The molecule has 0 unspecified atom stereocenters. The molecule has 176 valence electrons. The van der Waals surface area contributed by atoms with Gasteiger partial charge < -0.3 is 15.1 Å². The minimum absolute atomic E-state index is 0.0323. The first-order chi connectivity index (χ1) is 17.1. The lowest BCUT2D eigenvalue weighted by Gasteiger charge is -2.34. The van der Waals surface area contributed by atoms with E-state index in [0.717, 1.165) is 21.8 Å². The first-order valence-electron chi connectivity index (χ1n) is 11.1. The van der Waals surface area contributed by atoms with Crippen LogP contribution in [0.1, 0.15) is 20.0 Å². The Labute approximate surface area is 212 Å². The van der Waals surface area contributed by atoms with Crippen molar-refractivity contribution in [2.24, 2.45) is 0 Å². The van der Waals surface area contributed by atoms with Crippen molar-refractivity contribution in [3.63, 3.8) is 0 Å². The Morgan fingerprint density at radius 2 is 1.54 bits per heavy atom. The molecule has 0 bridgehead atoms. The highest BCUT2D eigenvalue weighted by molar-refractivity contribution is 7.12. The van der Waals surface area contributed by atoms with Crippen molar-refractivity contribution in [3.05, 3.63) is 93.8 Å². The molecule has 1 N–H and O–H groups in total. The van der Waals surface area contributed by atoms with Gasteiger partial charge in [0.1, 0.15) is 0 Å². The molecule has 0 saturated carbocycles. The summed E-state index contributed by atoms with van der Waals surface area (Å²) in [6, 6.07) is 20.3. The molecule has 0 radical (unpaired) electrons. The predicted octanol–water partition coefficient (Wildman–Crippen LogP) is 5.20. The highest BCUT2D eigenvalue weighted by Crippen LogP contribution is 2.22. The first-order valence-corrected chi connectivity index (χ1v) is 12.4. The van der Waals surface area contributed by atoms with Crippen LogP contribution in [0.2, 0.25) is 5.02 Å². The van der Waals surface area contributed by atoms with Gasteiger partial charge in [-0.05, 0) is 53.9 Å². The molecule has 0 spiro atoms. The number of anilines is 2. The summed E-state index contributed by atoms with van der Waals surface area (Å²) in [5.41, 5.74) is 3.10. The van der Waals surface area contributed by atoms with Crippen molar-refractivity contribution in [2.75, 3.05) is 31.5 Å². The second-order valence-corrected chi connectivity index (χ2v) is 9.42. The Kier molecular flexibility index (Phi) is 6.74. The highest BCUT2D eigenvalue weighted by atomic mass is 35.5. The minimum atomic E-state index is -0.0410. The van der Waals surface area contributed by atoms with Gasteiger partial charge in [0, 0.05) is 54.2 Å². The van der Waals surface area contributed by atoms with Crippen LogP contribution in [0.3, 0.4) is 0 Å². The number of halogens is 1. The molecule has 2 amide bonds. The molecule has 9 heteroatoms. The Bertz CT molecular complexity index is 1320. The van der Waals surface area contributed by atoms with E-state index >= 15 is 0 Å². The standard InChI is InChI=1S/C26H22ClN5O2S/c27-20-7-3-18(4-8-20)22-11-12-28-26(30-22)29-21-9-5-19(6-10-21)24(33)31-13-15-32(16-14-31)25(34)23-2-1-17-35-23/h1-12,17H,13-16H2,(H,28,29,30). The van der Waals surface area contributed by atoms with E-state index in [2.05, 4.69) is 15.3 Å². The fraction of sp³-hybridized carbons (Fsp3) is 0.154. The average molecular weight is 504 g/mol. The van der Waals surface area contributed by atoms with Crippen molar-refractivity contribution < 1.29 is 9.59 Å². The SMILES string of the molecule is O=C(c1ccc(Nc2nccc(-c3ccc(Cl)cc3)n2)cc1)N1CCN(C(=O)c2cccs2)CC1. The topological polar surface area (TPSA) is 78.4 Å². The van der Waals surface area contributed by atoms with Crippen LogP contribution >= 0.6 is 22.9 Å². The number of hydrogen-bond acceptors (Lipinski definition) is 6. The van der Waals surface area contributed by atoms with E-state index in [1.54, 1.807) is 28.1 Å². The van der Waals surface area contributed by atoms with E-state index in [-0.39, 0.29) is 11.8 Å². The van der Waals surface area contributed by atoms with Crippen molar-refractivity contribution in [1.29, 1.82) is 0 Å². The Hall–Kier alpha value is -3.75. The number of aromatic nitrogens is 2. The minimum Gasteiger partial charge on any atom is -0.335 e. The van der Waals surface area contributed by atoms with E-state index in [9.17, 15) is 9.59 Å². The van der Waals surface area contributed by atoms with Gasteiger partial charge in [0.25, 0.3) is 11.8 Å². The lowest BCUT2D eigenvalue weighted by Crippen LogP contribution is -2.50. The number of piperazine rings is 1. The molecule has 1 saturated heterocycles. The van der Waals surface area contributed by atoms with Gasteiger partial charge in [-0.25, -0.2) is 9.97 Å². The summed E-state index contributed by atoms with van der Waals surface area (Å²) in [4.78, 5) is 38.7. The zero-order valence-corrected chi connectivity index (χ0v) is 20.3. The normalized spacial score (nSPS) is 13.5. The summed E-state index contributed by atoms with van der Waals surface area (Å²) in [5, 5.41) is 5.75. The van der Waals surface area contributed by atoms with Gasteiger partial charge >= 0.3 is 0 Å². The zero-order chi connectivity index (χ0) is 24.2. The van der Waals surface area contributed by atoms with E-state index < -0.39 is 0 Å². The molecule has 1 aliphatic rings. The molecule has 3 heterocycles. The number of nitrogens with zero attached hydrogens (tertiary/aromatic N) is 4. The van der Waals surface area contributed by atoms with Gasteiger partial charge in [-0.1, -0.05) is 29.8 Å². The lowest BCUT2D eigenvalue weighted by molar-refractivity contribution is 0.0538. The summed E-state index contributed by atoms with van der Waals surface area (Å²) in [5.74, 6) is 0.452. The van der Waals surface area contributed by atoms with Crippen LogP contribution in [0.25, 0.3) is 11.3 Å². The summed E-state index contributed by atoms with van der Waals surface area (Å²) >= 11 is 7.41. The van der Waals surface area contributed by atoms with Gasteiger partial charge in [-0.3, -0.25) is 9.59 Å². The van der Waals surface area contributed by atoms with Crippen molar-refractivity contribution in [3.8, 4) is 11.3 Å². The first kappa shape index (κ1) is 23.0. The second kappa shape index (κ2) is 10.2. The molecular formula is C26H22ClN5O2S. The van der Waals surface area contributed by atoms with Crippen molar-refractivity contribution >= 4 is 46.4 Å². The molecule has 0 atom stereocenters. The second-order valence-electron chi connectivity index (χ2n) is 8.04. The lowest BCUT2D eigenvalue weighted by atomic mass is 10.1. The molecule has 4 aromatic rings. The Morgan fingerprint density at radius 1 is 0.857 bits per heavy atom. The van der Waals surface area contributed by atoms with Crippen molar-refractivity contribution in [2.45, 2.75) is 0 Å². The molecule has 0 aliphatic carbocycles. The number of carbonyl (C=O) groups is 2. The van der Waals surface area contributed by atoms with Gasteiger partial charge in [-0.15, -0.1) is 11.3 Å². The molecule has 35 heavy (non-hydrogen) atoms. The number of carbonyl (C=O) groups excluding carboxylic acids is 2. The smallest absolute Gasteiger partial charge is 0.264 e. The monoisotopic (exact) mass is 503 g/mol. The van der Waals surface area contributed by atoms with Crippen LogP contribution in [-0.4, -0.2) is 57.8 Å². The van der Waals surface area contributed by atoms with E-state index in [0.29, 0.717) is 42.7 Å². The zero-order valence-electron chi connectivity index (χ0n) is 18.7. The van der Waals surface area contributed by atoms with Gasteiger partial charge in [0.05, 0.1) is 10.6 Å². The number of thiophene rings is 1. The quantitative estimate of drug-likeness (QED) is 0.405. The van der Waals surface area contributed by atoms with Gasteiger partial charge in [-0.2, -0.15) is 0 Å². The largest absolute Gasteiger partial charge is 0.335 e. The summed E-state index contributed by atoms with van der Waals surface area (Å²) < 4.78 is 0. The number of nitrogens with one attached hydrogen (secondary N) is 1. The molecule has 5 rings (SSSR count). The van der Waals surface area contributed by atoms with Crippen LogP contribution in [-0.2, 0) is 0 Å². The molecule has 2 aromatic heterocycles. The predicted molar refractivity (Wildman–Crippen MR) is 138 cm³/mol. The molecule has 1 aliphatic heterocycles. The summed E-state index contributed by atoms with van der Waals surface area (Å²) in [6.45, 7) is 2.09. The fourth-order valence-corrected chi connectivity index (χ4v) is 4.69. The molecule has 2 aromatic carbocycles. The summed E-state index contributed by atoms with van der Waals surface area (Å²) in [6.07, 6.45) is 1.69. The van der Waals surface area contributed by atoms with E-state index in [4.69, 9.17) is 11.6 Å². The average Bonchev–Trinajstić information content (AvgIpc) is 3.44. The van der Waals surface area contributed by atoms with Gasteiger partial charge in [0.15, 0.2) is 0 Å². The number of rotatable bonds is 5. The molecule has 7 nitrogen and oxygen atoms in total.